The third-order valence-corrected chi connectivity index (χ3v) is 3.27. The summed E-state index contributed by atoms with van der Waals surface area (Å²) in [5, 5.41) is 0. The summed E-state index contributed by atoms with van der Waals surface area (Å²) in [6.07, 6.45) is 7.59. The van der Waals surface area contributed by atoms with Crippen LogP contribution in [0.4, 0.5) is 4.39 Å². The smallest absolute Gasteiger partial charge is 0.113 e. The quantitative estimate of drug-likeness (QED) is 0.487. The Balaban J connectivity index is 2.10. The van der Waals surface area contributed by atoms with Crippen LogP contribution >= 0.6 is 0 Å². The van der Waals surface area contributed by atoms with Crippen LogP contribution < -0.4 is 0 Å². The molecule has 0 spiro atoms. The Kier molecular flexibility index (Phi) is 1.47. The number of rotatable bonds is 0. The Morgan fingerprint density at radius 3 is 2.50 bits per heavy atom. The number of fused-ring (bicyclic) bond motifs is 1. The van der Waals surface area contributed by atoms with Gasteiger partial charge in [0.2, 0.25) is 0 Å². The van der Waals surface area contributed by atoms with Crippen LogP contribution in [0.25, 0.3) is 0 Å². The van der Waals surface area contributed by atoms with Gasteiger partial charge in [0.05, 0.1) is 0 Å². The van der Waals surface area contributed by atoms with E-state index in [1.165, 1.54) is 6.42 Å². The minimum absolute atomic E-state index is 0.446. The molecular formula is C9H15F. The molecule has 0 saturated heterocycles. The minimum Gasteiger partial charge on any atom is -0.244 e. The lowest BCUT2D eigenvalue weighted by Gasteiger charge is -2.31. The van der Waals surface area contributed by atoms with Crippen LogP contribution in [0.15, 0.2) is 0 Å². The topological polar surface area (TPSA) is 0 Å². The molecule has 0 N–H and O–H groups in total. The highest BCUT2D eigenvalue weighted by molar-refractivity contribution is 4.94. The van der Waals surface area contributed by atoms with Gasteiger partial charge in [0, 0.05) is 0 Å². The van der Waals surface area contributed by atoms with Crippen LogP contribution in [0.2, 0.25) is 0 Å². The Bertz CT molecular complexity index is 133. The molecule has 0 aromatic heterocycles. The number of hydrogen-bond acceptors (Lipinski definition) is 0. The molecular weight excluding hydrogens is 127 g/mol. The predicted molar refractivity (Wildman–Crippen MR) is 39.6 cm³/mol. The van der Waals surface area contributed by atoms with E-state index in [2.05, 4.69) is 0 Å². The summed E-state index contributed by atoms with van der Waals surface area (Å²) in [5.74, 6) is 0.446. The molecule has 2 aliphatic rings. The Labute approximate surface area is 61.8 Å². The number of halogens is 1. The molecule has 1 heteroatoms. The van der Waals surface area contributed by atoms with Crippen LogP contribution in [0.5, 0.6) is 0 Å². The van der Waals surface area contributed by atoms with Crippen molar-refractivity contribution in [1.29, 1.82) is 0 Å². The van der Waals surface area contributed by atoms with Gasteiger partial charge in [0.1, 0.15) is 5.67 Å². The van der Waals surface area contributed by atoms with E-state index in [0.29, 0.717) is 5.92 Å². The summed E-state index contributed by atoms with van der Waals surface area (Å²) in [7, 11) is 0. The van der Waals surface area contributed by atoms with E-state index in [0.717, 1.165) is 38.5 Å². The number of hydrogen-bond donors (Lipinski definition) is 0. The Morgan fingerprint density at radius 1 is 1.00 bits per heavy atom. The van der Waals surface area contributed by atoms with E-state index in [-0.39, 0.29) is 0 Å². The van der Waals surface area contributed by atoms with Crippen LogP contribution in [0.3, 0.4) is 0 Å². The molecule has 2 atom stereocenters. The third-order valence-electron chi connectivity index (χ3n) is 3.27. The van der Waals surface area contributed by atoms with Crippen molar-refractivity contribution in [1.82, 2.24) is 0 Å². The molecule has 0 aliphatic heterocycles. The molecule has 0 heterocycles. The van der Waals surface area contributed by atoms with Gasteiger partial charge in [-0.3, -0.25) is 0 Å². The van der Waals surface area contributed by atoms with Crippen molar-refractivity contribution in [2.45, 2.75) is 50.6 Å². The molecule has 0 aromatic carbocycles. The van der Waals surface area contributed by atoms with Crippen molar-refractivity contribution in [3.8, 4) is 0 Å². The second-order valence-corrected chi connectivity index (χ2v) is 3.87. The van der Waals surface area contributed by atoms with Gasteiger partial charge in [-0.05, 0) is 38.0 Å². The highest BCUT2D eigenvalue weighted by atomic mass is 19.1. The maximum atomic E-state index is 13.8. The van der Waals surface area contributed by atoms with Gasteiger partial charge in [-0.1, -0.05) is 12.8 Å². The summed E-state index contributed by atoms with van der Waals surface area (Å²) < 4.78 is 13.8. The first-order chi connectivity index (χ1) is 4.81. The van der Waals surface area contributed by atoms with Gasteiger partial charge in [0.15, 0.2) is 0 Å². The van der Waals surface area contributed by atoms with Gasteiger partial charge in [-0.2, -0.15) is 0 Å². The van der Waals surface area contributed by atoms with Crippen LogP contribution in [0.1, 0.15) is 44.9 Å². The fraction of sp³-hybridized carbons (Fsp3) is 1.00. The normalized spacial score (nSPS) is 47.1. The fourth-order valence-electron chi connectivity index (χ4n) is 2.65. The zero-order valence-corrected chi connectivity index (χ0v) is 6.41. The molecule has 0 nitrogen and oxygen atoms in total. The molecule has 10 heavy (non-hydrogen) atoms. The van der Waals surface area contributed by atoms with E-state index < -0.39 is 5.67 Å². The summed E-state index contributed by atoms with van der Waals surface area (Å²) in [4.78, 5) is 0. The first-order valence-electron chi connectivity index (χ1n) is 4.50. The molecule has 58 valence electrons. The Hall–Kier alpha value is -0.0700. The lowest BCUT2D eigenvalue weighted by atomic mass is 9.79. The molecule has 2 saturated carbocycles. The second-order valence-electron chi connectivity index (χ2n) is 3.87. The SMILES string of the molecule is FC12CCCCC1CCC2. The first-order valence-corrected chi connectivity index (χ1v) is 4.50. The molecule has 2 rings (SSSR count). The largest absolute Gasteiger partial charge is 0.244 e. The van der Waals surface area contributed by atoms with Gasteiger partial charge < -0.3 is 0 Å². The van der Waals surface area contributed by atoms with E-state index >= 15 is 0 Å². The van der Waals surface area contributed by atoms with Crippen LogP contribution in [0, 0.1) is 5.92 Å². The molecule has 0 bridgehead atoms. The van der Waals surface area contributed by atoms with Gasteiger partial charge in [0.25, 0.3) is 0 Å². The van der Waals surface area contributed by atoms with E-state index in [1.807, 2.05) is 0 Å². The third kappa shape index (κ3) is 0.869. The van der Waals surface area contributed by atoms with Crippen molar-refractivity contribution < 1.29 is 4.39 Å². The van der Waals surface area contributed by atoms with E-state index in [1.54, 1.807) is 0 Å². The molecule has 0 aromatic rings. The second kappa shape index (κ2) is 2.21. The van der Waals surface area contributed by atoms with Gasteiger partial charge in [-0.25, -0.2) is 4.39 Å². The standard InChI is InChI=1S/C9H15F/c10-9-6-2-1-4-8(9)5-3-7-9/h8H,1-7H2. The molecule has 0 radical (unpaired) electrons. The summed E-state index contributed by atoms with van der Waals surface area (Å²) in [6, 6.07) is 0. The minimum atomic E-state index is -0.710. The van der Waals surface area contributed by atoms with Gasteiger partial charge in [-0.15, -0.1) is 0 Å². The van der Waals surface area contributed by atoms with E-state index in [4.69, 9.17) is 0 Å². The maximum absolute atomic E-state index is 13.8. The average molecular weight is 142 g/mol. The van der Waals surface area contributed by atoms with Crippen molar-refractivity contribution in [3.63, 3.8) is 0 Å². The highest BCUT2D eigenvalue weighted by Crippen LogP contribution is 2.48. The number of alkyl halides is 1. The first kappa shape index (κ1) is 6.63. The predicted octanol–water partition coefficient (Wildman–Crippen LogP) is 3.07. The Morgan fingerprint density at radius 2 is 1.70 bits per heavy atom. The summed E-state index contributed by atoms with van der Waals surface area (Å²) >= 11 is 0. The van der Waals surface area contributed by atoms with E-state index in [9.17, 15) is 4.39 Å². The molecule has 2 unspecified atom stereocenters. The van der Waals surface area contributed by atoms with Crippen molar-refractivity contribution >= 4 is 0 Å². The zero-order valence-electron chi connectivity index (χ0n) is 6.41. The monoisotopic (exact) mass is 142 g/mol. The molecule has 0 amide bonds. The molecule has 2 fully saturated rings. The average Bonchev–Trinajstić information content (AvgIpc) is 2.29. The summed E-state index contributed by atoms with van der Waals surface area (Å²) in [5.41, 5.74) is -0.710. The maximum Gasteiger partial charge on any atom is 0.113 e. The van der Waals surface area contributed by atoms with Crippen molar-refractivity contribution in [3.05, 3.63) is 0 Å². The fourth-order valence-corrected chi connectivity index (χ4v) is 2.65. The lowest BCUT2D eigenvalue weighted by molar-refractivity contribution is 0.0654. The van der Waals surface area contributed by atoms with Crippen LogP contribution in [-0.2, 0) is 0 Å². The van der Waals surface area contributed by atoms with Gasteiger partial charge >= 0.3 is 0 Å². The zero-order chi connectivity index (χ0) is 7.03. The molecule has 2 aliphatic carbocycles. The van der Waals surface area contributed by atoms with Crippen molar-refractivity contribution in [2.24, 2.45) is 5.92 Å². The van der Waals surface area contributed by atoms with Crippen LogP contribution in [-0.4, -0.2) is 5.67 Å². The summed E-state index contributed by atoms with van der Waals surface area (Å²) in [6.45, 7) is 0. The highest BCUT2D eigenvalue weighted by Gasteiger charge is 2.44. The van der Waals surface area contributed by atoms with Crippen molar-refractivity contribution in [2.75, 3.05) is 0 Å². The lowest BCUT2D eigenvalue weighted by Crippen LogP contribution is -2.30.